The third kappa shape index (κ3) is 4.57. The highest BCUT2D eigenvalue weighted by molar-refractivity contribution is 5.07. The molecule has 0 aliphatic carbocycles. The third-order valence-corrected chi connectivity index (χ3v) is 3.99. The van der Waals surface area contributed by atoms with Gasteiger partial charge in [-0.15, -0.1) is 0 Å². The molecule has 1 atom stereocenters. The minimum atomic E-state index is 0.531. The minimum absolute atomic E-state index is 0.531. The quantitative estimate of drug-likeness (QED) is 0.884. The van der Waals surface area contributed by atoms with Gasteiger partial charge in [-0.25, -0.2) is 0 Å². The van der Waals surface area contributed by atoms with E-state index in [0.717, 1.165) is 23.7 Å². The molecule has 0 saturated carbocycles. The summed E-state index contributed by atoms with van der Waals surface area (Å²) in [6, 6.07) is 0. The Balaban J connectivity index is 1.89. The lowest BCUT2D eigenvalue weighted by atomic mass is 9.87. The molecule has 1 aromatic heterocycles. The van der Waals surface area contributed by atoms with Crippen molar-refractivity contribution in [1.82, 2.24) is 15.3 Å². The molecule has 3 heteroatoms. The topological polar surface area (TPSA) is 37.8 Å². The highest BCUT2D eigenvalue weighted by Crippen LogP contribution is 2.26. The van der Waals surface area contributed by atoms with Crippen LogP contribution >= 0.6 is 0 Å². The number of nitrogens with zero attached hydrogens (tertiary/aromatic N) is 2. The summed E-state index contributed by atoms with van der Waals surface area (Å²) in [6.45, 7) is 9.08. The van der Waals surface area contributed by atoms with Gasteiger partial charge in [-0.2, -0.15) is 0 Å². The fourth-order valence-electron chi connectivity index (χ4n) is 2.88. The van der Waals surface area contributed by atoms with Crippen LogP contribution in [0.3, 0.4) is 0 Å². The number of hydrogen-bond donors (Lipinski definition) is 1. The Bertz CT molecular complexity index is 366. The summed E-state index contributed by atoms with van der Waals surface area (Å²) in [4.78, 5) is 9.18. The van der Waals surface area contributed by atoms with Gasteiger partial charge in [0, 0.05) is 18.3 Å². The van der Waals surface area contributed by atoms with Crippen LogP contribution in [0.2, 0.25) is 0 Å². The van der Waals surface area contributed by atoms with E-state index in [1.807, 2.05) is 12.4 Å². The second kappa shape index (κ2) is 6.99. The molecule has 1 aliphatic rings. The monoisotopic (exact) mass is 261 g/mol. The van der Waals surface area contributed by atoms with Crippen LogP contribution in [0.25, 0.3) is 0 Å². The largest absolute Gasteiger partial charge is 0.317 e. The second-order valence-corrected chi connectivity index (χ2v) is 6.36. The Hall–Kier alpha value is -0.960. The zero-order valence-electron chi connectivity index (χ0n) is 12.5. The van der Waals surface area contributed by atoms with E-state index >= 15 is 0 Å². The molecule has 0 amide bonds. The lowest BCUT2D eigenvalue weighted by molar-refractivity contribution is 0.335. The Morgan fingerprint density at radius 3 is 2.47 bits per heavy atom. The molecule has 3 nitrogen and oxygen atoms in total. The number of piperidine rings is 1. The summed E-state index contributed by atoms with van der Waals surface area (Å²) >= 11 is 0. The van der Waals surface area contributed by atoms with Crippen LogP contribution in [0.15, 0.2) is 12.4 Å². The predicted molar refractivity (Wildman–Crippen MR) is 79.2 cm³/mol. The Kier molecular flexibility index (Phi) is 5.32. The fraction of sp³-hybridized carbons (Fsp3) is 0.750. The maximum Gasteiger partial charge on any atom is 0.0615 e. The van der Waals surface area contributed by atoms with Crippen LogP contribution in [-0.2, 0) is 6.42 Å². The van der Waals surface area contributed by atoms with Crippen molar-refractivity contribution in [2.45, 2.75) is 52.4 Å². The van der Waals surface area contributed by atoms with Crippen LogP contribution in [0, 0.1) is 11.8 Å². The van der Waals surface area contributed by atoms with Gasteiger partial charge in [0.2, 0.25) is 0 Å². The molecule has 1 N–H and O–H groups in total. The lowest BCUT2D eigenvalue weighted by Crippen LogP contribution is -2.28. The summed E-state index contributed by atoms with van der Waals surface area (Å²) in [6.07, 6.45) is 8.85. The van der Waals surface area contributed by atoms with E-state index < -0.39 is 0 Å². The molecule has 0 radical (unpaired) electrons. The summed E-state index contributed by atoms with van der Waals surface area (Å²) in [5.74, 6) is 2.03. The van der Waals surface area contributed by atoms with E-state index in [1.54, 1.807) is 0 Å². The van der Waals surface area contributed by atoms with Gasteiger partial charge < -0.3 is 5.32 Å². The summed E-state index contributed by atoms with van der Waals surface area (Å²) in [7, 11) is 0. The van der Waals surface area contributed by atoms with Gasteiger partial charge in [-0.05, 0) is 50.6 Å². The average molecular weight is 261 g/mol. The minimum Gasteiger partial charge on any atom is -0.317 e. The fourth-order valence-corrected chi connectivity index (χ4v) is 2.88. The first-order valence-corrected chi connectivity index (χ1v) is 7.66. The van der Waals surface area contributed by atoms with Crippen molar-refractivity contribution in [2.24, 2.45) is 11.8 Å². The molecule has 1 aliphatic heterocycles. The molecule has 2 heterocycles. The maximum atomic E-state index is 4.62. The number of aromatic nitrogens is 2. The van der Waals surface area contributed by atoms with Gasteiger partial charge in [0.05, 0.1) is 11.4 Å². The summed E-state index contributed by atoms with van der Waals surface area (Å²) in [5.41, 5.74) is 2.28. The van der Waals surface area contributed by atoms with Crippen molar-refractivity contribution in [3.8, 4) is 0 Å². The predicted octanol–water partition coefficient (Wildman–Crippen LogP) is 3.17. The first kappa shape index (κ1) is 14.4. The average Bonchev–Trinajstić information content (AvgIpc) is 2.40. The lowest BCUT2D eigenvalue weighted by Gasteiger charge is -2.25. The Labute approximate surface area is 117 Å². The molecule has 0 spiro atoms. The molecular weight excluding hydrogens is 234 g/mol. The molecule has 1 fully saturated rings. The summed E-state index contributed by atoms with van der Waals surface area (Å²) in [5, 5.41) is 3.43. The third-order valence-electron chi connectivity index (χ3n) is 3.99. The van der Waals surface area contributed by atoms with Crippen molar-refractivity contribution in [2.75, 3.05) is 13.1 Å². The van der Waals surface area contributed by atoms with Gasteiger partial charge in [0.1, 0.15) is 0 Å². The van der Waals surface area contributed by atoms with Crippen molar-refractivity contribution in [1.29, 1.82) is 0 Å². The molecule has 0 bridgehead atoms. The second-order valence-electron chi connectivity index (χ2n) is 6.36. The zero-order valence-corrected chi connectivity index (χ0v) is 12.5. The van der Waals surface area contributed by atoms with E-state index in [-0.39, 0.29) is 0 Å². The molecule has 1 saturated heterocycles. The zero-order chi connectivity index (χ0) is 13.7. The maximum absolute atomic E-state index is 4.62. The number of hydrogen-bond acceptors (Lipinski definition) is 3. The van der Waals surface area contributed by atoms with E-state index in [2.05, 4.69) is 36.1 Å². The number of nitrogens with one attached hydrogen (secondary N) is 1. The van der Waals surface area contributed by atoms with Gasteiger partial charge in [0.15, 0.2) is 0 Å². The normalized spacial score (nSPS) is 18.7. The van der Waals surface area contributed by atoms with Gasteiger partial charge in [-0.3, -0.25) is 9.97 Å². The standard InChI is InChI=1S/C16H27N3/c1-12(2)8-15-10-19-16(11-18-15)13(3)9-14-4-6-17-7-5-14/h10-14,17H,4-9H2,1-3H3. The first-order valence-electron chi connectivity index (χ1n) is 7.66. The van der Waals surface area contributed by atoms with Gasteiger partial charge in [0.25, 0.3) is 0 Å². The van der Waals surface area contributed by atoms with Crippen molar-refractivity contribution in [3.63, 3.8) is 0 Å². The highest BCUT2D eigenvalue weighted by atomic mass is 14.9. The van der Waals surface area contributed by atoms with Crippen LogP contribution in [-0.4, -0.2) is 23.1 Å². The molecule has 1 unspecified atom stereocenters. The Morgan fingerprint density at radius 1 is 1.16 bits per heavy atom. The van der Waals surface area contributed by atoms with E-state index in [1.165, 1.54) is 32.4 Å². The van der Waals surface area contributed by atoms with E-state index in [4.69, 9.17) is 0 Å². The van der Waals surface area contributed by atoms with Crippen LogP contribution in [0.1, 0.15) is 57.3 Å². The van der Waals surface area contributed by atoms with Crippen LogP contribution in [0.5, 0.6) is 0 Å². The molecule has 0 aromatic carbocycles. The summed E-state index contributed by atoms with van der Waals surface area (Å²) < 4.78 is 0. The molecule has 106 valence electrons. The molecule has 2 rings (SSSR count). The van der Waals surface area contributed by atoms with E-state index in [9.17, 15) is 0 Å². The Morgan fingerprint density at radius 2 is 1.89 bits per heavy atom. The molecule has 19 heavy (non-hydrogen) atoms. The SMILES string of the molecule is CC(C)Cc1cnc(C(C)CC2CCNCC2)cn1. The van der Waals surface area contributed by atoms with Crippen molar-refractivity contribution >= 4 is 0 Å². The van der Waals surface area contributed by atoms with Crippen molar-refractivity contribution in [3.05, 3.63) is 23.8 Å². The van der Waals surface area contributed by atoms with Gasteiger partial charge >= 0.3 is 0 Å². The van der Waals surface area contributed by atoms with Crippen LogP contribution in [0.4, 0.5) is 0 Å². The molecule has 1 aromatic rings. The first-order chi connectivity index (χ1) is 9.15. The smallest absolute Gasteiger partial charge is 0.0615 e. The van der Waals surface area contributed by atoms with E-state index in [0.29, 0.717) is 11.8 Å². The number of rotatable bonds is 5. The van der Waals surface area contributed by atoms with Gasteiger partial charge in [-0.1, -0.05) is 20.8 Å². The van der Waals surface area contributed by atoms with Crippen molar-refractivity contribution < 1.29 is 0 Å². The van der Waals surface area contributed by atoms with Crippen LogP contribution < -0.4 is 5.32 Å². The highest BCUT2D eigenvalue weighted by Gasteiger charge is 2.18. The molecular formula is C16H27N3.